The molecule has 0 aromatic heterocycles. The fraction of sp³-hybridized carbons (Fsp3) is 0.115. The predicted molar refractivity (Wildman–Crippen MR) is 129 cm³/mol. The molecule has 1 aliphatic heterocycles. The van der Waals surface area contributed by atoms with Gasteiger partial charge in [-0.15, -0.1) is 0 Å². The first kappa shape index (κ1) is 23.4. The summed E-state index contributed by atoms with van der Waals surface area (Å²) in [5.41, 5.74) is 3.69. The molecule has 1 heterocycles. The Bertz CT molecular complexity index is 1290. The molecule has 35 heavy (non-hydrogen) atoms. The number of benzene rings is 3. The summed E-state index contributed by atoms with van der Waals surface area (Å²) >= 11 is 0. The standard InChI is InChI=1S/C26H23N3O6/c1-2-33-22-10-6-9-19(24(22)30)15-27-29-26(32)20(28-25(31)18-7-4-3-5-8-18)13-17-11-12-21-23(14-17)35-16-34-21/h3-15,30H,2,16H2,1H3,(H,28,31)(H,29,32)/b20-13+,27-15+. The summed E-state index contributed by atoms with van der Waals surface area (Å²) in [4.78, 5) is 25.7. The van der Waals surface area contributed by atoms with Crippen molar-refractivity contribution in [1.82, 2.24) is 10.7 Å². The summed E-state index contributed by atoms with van der Waals surface area (Å²) in [6.45, 7) is 2.31. The van der Waals surface area contributed by atoms with Crippen molar-refractivity contribution in [2.75, 3.05) is 13.4 Å². The van der Waals surface area contributed by atoms with E-state index < -0.39 is 11.8 Å². The molecule has 0 unspecified atom stereocenters. The van der Waals surface area contributed by atoms with E-state index in [1.54, 1.807) is 73.7 Å². The van der Waals surface area contributed by atoms with E-state index in [0.29, 0.717) is 40.5 Å². The molecule has 0 saturated carbocycles. The summed E-state index contributed by atoms with van der Waals surface area (Å²) in [5.74, 6) is 0.223. The Balaban J connectivity index is 1.55. The van der Waals surface area contributed by atoms with Gasteiger partial charge in [0.2, 0.25) is 6.79 Å². The average Bonchev–Trinajstić information content (AvgIpc) is 3.34. The number of hydrazone groups is 1. The van der Waals surface area contributed by atoms with Crippen LogP contribution in [0.1, 0.15) is 28.4 Å². The molecule has 1 aliphatic rings. The first-order chi connectivity index (χ1) is 17.0. The van der Waals surface area contributed by atoms with Gasteiger partial charge in [-0.1, -0.05) is 30.3 Å². The van der Waals surface area contributed by atoms with E-state index in [9.17, 15) is 14.7 Å². The van der Waals surface area contributed by atoms with Crippen LogP contribution in [0.5, 0.6) is 23.0 Å². The molecule has 9 nitrogen and oxygen atoms in total. The third kappa shape index (κ3) is 5.77. The second kappa shape index (κ2) is 10.9. The molecule has 0 radical (unpaired) electrons. The fourth-order valence-electron chi connectivity index (χ4n) is 3.25. The lowest BCUT2D eigenvalue weighted by Crippen LogP contribution is -2.32. The van der Waals surface area contributed by atoms with Crippen molar-refractivity contribution in [3.63, 3.8) is 0 Å². The highest BCUT2D eigenvalue weighted by atomic mass is 16.7. The fourth-order valence-corrected chi connectivity index (χ4v) is 3.25. The zero-order chi connectivity index (χ0) is 24.6. The number of carbonyl (C=O) groups excluding carboxylic acids is 2. The number of phenolic OH excluding ortho intramolecular Hbond substituents is 1. The zero-order valence-electron chi connectivity index (χ0n) is 18.9. The molecular weight excluding hydrogens is 450 g/mol. The number of aromatic hydroxyl groups is 1. The Hall–Kier alpha value is -4.79. The van der Waals surface area contributed by atoms with E-state index in [2.05, 4.69) is 15.8 Å². The largest absolute Gasteiger partial charge is 0.504 e. The Morgan fingerprint density at radius 1 is 1.06 bits per heavy atom. The molecule has 0 spiro atoms. The summed E-state index contributed by atoms with van der Waals surface area (Å²) in [7, 11) is 0. The van der Waals surface area contributed by atoms with Crippen molar-refractivity contribution in [2.24, 2.45) is 5.10 Å². The van der Waals surface area contributed by atoms with Gasteiger partial charge in [-0.25, -0.2) is 5.43 Å². The van der Waals surface area contributed by atoms with Crippen LogP contribution >= 0.6 is 0 Å². The number of rotatable bonds is 8. The molecule has 2 amide bonds. The van der Waals surface area contributed by atoms with Crippen molar-refractivity contribution in [1.29, 1.82) is 0 Å². The first-order valence-corrected chi connectivity index (χ1v) is 10.8. The highest BCUT2D eigenvalue weighted by Gasteiger charge is 2.17. The summed E-state index contributed by atoms with van der Waals surface area (Å²) in [5, 5.41) is 16.8. The van der Waals surface area contributed by atoms with Gasteiger partial charge in [0.15, 0.2) is 23.0 Å². The predicted octanol–water partition coefficient (Wildman–Crippen LogP) is 3.44. The number of nitrogens with zero attached hydrogens (tertiary/aromatic N) is 1. The van der Waals surface area contributed by atoms with E-state index >= 15 is 0 Å². The van der Waals surface area contributed by atoms with Gasteiger partial charge in [0, 0.05) is 11.1 Å². The second-order valence-electron chi connectivity index (χ2n) is 7.32. The van der Waals surface area contributed by atoms with Crippen LogP contribution in [0.2, 0.25) is 0 Å². The number of amides is 2. The molecule has 0 aliphatic carbocycles. The number of nitrogens with one attached hydrogen (secondary N) is 2. The van der Waals surface area contributed by atoms with Crippen LogP contribution in [0.15, 0.2) is 77.5 Å². The molecule has 0 atom stereocenters. The molecule has 9 heteroatoms. The maximum absolute atomic E-state index is 12.9. The number of fused-ring (bicyclic) bond motifs is 1. The van der Waals surface area contributed by atoms with E-state index in [4.69, 9.17) is 14.2 Å². The smallest absolute Gasteiger partial charge is 0.287 e. The first-order valence-electron chi connectivity index (χ1n) is 10.8. The summed E-state index contributed by atoms with van der Waals surface area (Å²) in [6, 6.07) is 18.6. The summed E-state index contributed by atoms with van der Waals surface area (Å²) in [6.07, 6.45) is 2.79. The SMILES string of the molecule is CCOc1cccc(/C=N/NC(=O)/C(=C\c2ccc3c(c2)OCO3)NC(=O)c2ccccc2)c1O. The topological polar surface area (TPSA) is 118 Å². The van der Waals surface area contributed by atoms with Crippen LogP contribution < -0.4 is 25.0 Å². The van der Waals surface area contributed by atoms with Gasteiger partial charge >= 0.3 is 0 Å². The number of hydrogen-bond donors (Lipinski definition) is 3. The average molecular weight is 473 g/mol. The van der Waals surface area contributed by atoms with Gasteiger partial charge in [0.05, 0.1) is 12.8 Å². The number of ether oxygens (including phenoxy) is 3. The van der Waals surface area contributed by atoms with Crippen LogP contribution in [0.3, 0.4) is 0 Å². The molecule has 3 aromatic rings. The number of phenols is 1. The Labute approximate surface area is 201 Å². The molecule has 0 saturated heterocycles. The Morgan fingerprint density at radius 3 is 2.66 bits per heavy atom. The molecule has 178 valence electrons. The molecule has 3 aromatic carbocycles. The van der Waals surface area contributed by atoms with Crippen LogP contribution in [-0.4, -0.2) is 36.5 Å². The third-order valence-corrected chi connectivity index (χ3v) is 4.94. The highest BCUT2D eigenvalue weighted by molar-refractivity contribution is 6.05. The van der Waals surface area contributed by atoms with Crippen LogP contribution in [-0.2, 0) is 4.79 Å². The van der Waals surface area contributed by atoms with Gasteiger partial charge < -0.3 is 24.6 Å². The molecule has 3 N–H and O–H groups in total. The quantitative estimate of drug-likeness (QED) is 0.262. The van der Waals surface area contributed by atoms with E-state index in [-0.39, 0.29) is 18.2 Å². The monoisotopic (exact) mass is 473 g/mol. The highest BCUT2D eigenvalue weighted by Crippen LogP contribution is 2.33. The van der Waals surface area contributed by atoms with Crippen LogP contribution in [0.25, 0.3) is 6.08 Å². The Morgan fingerprint density at radius 2 is 1.86 bits per heavy atom. The lowest BCUT2D eigenvalue weighted by atomic mass is 10.1. The maximum Gasteiger partial charge on any atom is 0.287 e. The molecular formula is C26H23N3O6. The maximum atomic E-state index is 12.9. The van der Waals surface area contributed by atoms with E-state index in [1.165, 1.54) is 12.3 Å². The normalized spacial score (nSPS) is 12.4. The Kier molecular flexibility index (Phi) is 7.27. The van der Waals surface area contributed by atoms with E-state index in [1.807, 2.05) is 0 Å². The molecule has 4 rings (SSSR count). The molecule has 0 fully saturated rings. The van der Waals surface area contributed by atoms with Gasteiger partial charge in [0.1, 0.15) is 5.70 Å². The zero-order valence-corrected chi connectivity index (χ0v) is 18.9. The minimum Gasteiger partial charge on any atom is -0.504 e. The number of carbonyl (C=O) groups is 2. The van der Waals surface area contributed by atoms with Crippen molar-refractivity contribution in [3.8, 4) is 23.0 Å². The van der Waals surface area contributed by atoms with E-state index in [0.717, 1.165) is 0 Å². The minimum absolute atomic E-state index is 0.0397. The number of para-hydroxylation sites is 1. The van der Waals surface area contributed by atoms with Crippen molar-refractivity contribution in [3.05, 3.63) is 89.1 Å². The summed E-state index contributed by atoms with van der Waals surface area (Å²) < 4.78 is 16.1. The lowest BCUT2D eigenvalue weighted by Gasteiger charge is -2.10. The second-order valence-corrected chi connectivity index (χ2v) is 7.32. The third-order valence-electron chi connectivity index (χ3n) is 4.94. The van der Waals surface area contributed by atoms with Gasteiger partial charge in [-0.3, -0.25) is 9.59 Å². The number of hydrogen-bond acceptors (Lipinski definition) is 7. The van der Waals surface area contributed by atoms with Crippen LogP contribution in [0, 0.1) is 0 Å². The lowest BCUT2D eigenvalue weighted by molar-refractivity contribution is -0.117. The van der Waals surface area contributed by atoms with Crippen LogP contribution in [0.4, 0.5) is 0 Å². The van der Waals surface area contributed by atoms with Gasteiger partial charge in [0.25, 0.3) is 11.8 Å². The van der Waals surface area contributed by atoms with Crippen molar-refractivity contribution in [2.45, 2.75) is 6.92 Å². The minimum atomic E-state index is -0.663. The van der Waals surface area contributed by atoms with Crippen molar-refractivity contribution >= 4 is 24.1 Å². The molecule has 0 bridgehead atoms. The van der Waals surface area contributed by atoms with Gasteiger partial charge in [-0.2, -0.15) is 5.10 Å². The van der Waals surface area contributed by atoms with Gasteiger partial charge in [-0.05, 0) is 55.0 Å². The van der Waals surface area contributed by atoms with Crippen molar-refractivity contribution < 1.29 is 28.9 Å².